The summed E-state index contributed by atoms with van der Waals surface area (Å²) in [6, 6.07) is 7.95. The minimum atomic E-state index is -0.127. The molecule has 1 fully saturated rings. The summed E-state index contributed by atoms with van der Waals surface area (Å²) in [7, 11) is 0. The summed E-state index contributed by atoms with van der Waals surface area (Å²) in [6.07, 6.45) is 3.77. The Balaban J connectivity index is 1.93. The average molecular weight is 320 g/mol. The Kier molecular flexibility index (Phi) is 6.90. The second-order valence-corrected chi connectivity index (χ2v) is 6.36. The molecule has 2 unspecified atom stereocenters. The molecule has 4 nitrogen and oxygen atoms in total. The van der Waals surface area contributed by atoms with Crippen molar-refractivity contribution in [3.8, 4) is 5.75 Å². The summed E-state index contributed by atoms with van der Waals surface area (Å²) < 4.78 is 16.6. The number of hydrogen-bond acceptors (Lipinski definition) is 4. The molecular formula is C19H28O4. The van der Waals surface area contributed by atoms with E-state index in [9.17, 15) is 4.79 Å². The van der Waals surface area contributed by atoms with Crippen molar-refractivity contribution in [1.82, 2.24) is 0 Å². The first-order chi connectivity index (χ1) is 11.1. The van der Waals surface area contributed by atoms with Crippen molar-refractivity contribution in [2.24, 2.45) is 11.8 Å². The van der Waals surface area contributed by atoms with Crippen molar-refractivity contribution in [3.63, 3.8) is 0 Å². The Labute approximate surface area is 139 Å². The first-order valence-corrected chi connectivity index (χ1v) is 8.64. The van der Waals surface area contributed by atoms with Crippen LogP contribution < -0.4 is 4.74 Å². The van der Waals surface area contributed by atoms with Gasteiger partial charge in [-0.1, -0.05) is 26.0 Å². The van der Waals surface area contributed by atoms with Crippen molar-refractivity contribution in [3.05, 3.63) is 29.8 Å². The smallest absolute Gasteiger partial charge is 0.309 e. The zero-order valence-electron chi connectivity index (χ0n) is 14.4. The van der Waals surface area contributed by atoms with Crippen molar-refractivity contribution >= 4 is 5.97 Å². The Morgan fingerprint density at radius 2 is 2.00 bits per heavy atom. The average Bonchev–Trinajstić information content (AvgIpc) is 2.55. The van der Waals surface area contributed by atoms with Gasteiger partial charge in [0.1, 0.15) is 5.75 Å². The predicted octanol–water partition coefficient (Wildman–Crippen LogP) is 3.97. The van der Waals surface area contributed by atoms with Crippen LogP contribution in [0.2, 0.25) is 0 Å². The lowest BCUT2D eigenvalue weighted by Crippen LogP contribution is -2.25. The van der Waals surface area contributed by atoms with E-state index in [1.54, 1.807) is 0 Å². The second kappa shape index (κ2) is 8.92. The summed E-state index contributed by atoms with van der Waals surface area (Å²) in [5.41, 5.74) is 1.12. The fraction of sp³-hybridized carbons (Fsp3) is 0.632. The largest absolute Gasteiger partial charge is 0.466 e. The topological polar surface area (TPSA) is 44.8 Å². The van der Waals surface area contributed by atoms with E-state index in [1.165, 1.54) is 0 Å². The molecule has 2 rings (SSSR count). The summed E-state index contributed by atoms with van der Waals surface area (Å²) in [5.74, 6) is 0.848. The Bertz CT molecular complexity index is 475. The third-order valence-corrected chi connectivity index (χ3v) is 4.18. The lowest BCUT2D eigenvalue weighted by molar-refractivity contribution is -0.149. The van der Waals surface area contributed by atoms with Gasteiger partial charge in [-0.25, -0.2) is 0 Å². The number of esters is 1. The molecule has 0 aromatic heterocycles. The zero-order chi connectivity index (χ0) is 16.7. The first-order valence-electron chi connectivity index (χ1n) is 8.64. The van der Waals surface area contributed by atoms with Crippen LogP contribution in [-0.2, 0) is 20.7 Å². The normalized spacial score (nSPS) is 19.4. The molecule has 128 valence electrons. The maximum atomic E-state index is 12.1. The summed E-state index contributed by atoms with van der Waals surface area (Å²) in [4.78, 5) is 12.1. The van der Waals surface area contributed by atoms with Gasteiger partial charge in [-0.15, -0.1) is 0 Å². The Hall–Kier alpha value is -1.55. The van der Waals surface area contributed by atoms with Crippen LogP contribution >= 0.6 is 0 Å². The third-order valence-electron chi connectivity index (χ3n) is 4.18. The number of carbonyl (C=O) groups is 1. The Morgan fingerprint density at radius 3 is 2.57 bits per heavy atom. The molecule has 1 saturated heterocycles. The second-order valence-electron chi connectivity index (χ2n) is 6.36. The van der Waals surface area contributed by atoms with E-state index >= 15 is 0 Å². The fourth-order valence-electron chi connectivity index (χ4n) is 2.75. The van der Waals surface area contributed by atoms with E-state index in [0.717, 1.165) is 37.2 Å². The van der Waals surface area contributed by atoms with Crippen LogP contribution in [0.3, 0.4) is 0 Å². The first kappa shape index (κ1) is 17.8. The van der Waals surface area contributed by atoms with Gasteiger partial charge in [0, 0.05) is 6.42 Å². The minimum absolute atomic E-state index is 0.108. The lowest BCUT2D eigenvalue weighted by Gasteiger charge is -2.23. The molecule has 0 aliphatic carbocycles. The molecular weight excluding hydrogens is 292 g/mol. The highest BCUT2D eigenvalue weighted by molar-refractivity contribution is 5.73. The summed E-state index contributed by atoms with van der Waals surface area (Å²) in [5, 5.41) is 0. The zero-order valence-corrected chi connectivity index (χ0v) is 14.4. The highest BCUT2D eigenvalue weighted by Gasteiger charge is 2.24. The van der Waals surface area contributed by atoms with Crippen LogP contribution in [-0.4, -0.2) is 25.5 Å². The summed E-state index contributed by atoms with van der Waals surface area (Å²) in [6.45, 7) is 7.16. The van der Waals surface area contributed by atoms with Crippen LogP contribution in [0.4, 0.5) is 0 Å². The monoisotopic (exact) mass is 320 g/mol. The van der Waals surface area contributed by atoms with Gasteiger partial charge in [0.25, 0.3) is 0 Å². The van der Waals surface area contributed by atoms with Gasteiger partial charge in [-0.3, -0.25) is 4.79 Å². The van der Waals surface area contributed by atoms with Gasteiger partial charge in [0.15, 0.2) is 6.29 Å². The molecule has 1 aromatic rings. The van der Waals surface area contributed by atoms with E-state index < -0.39 is 0 Å². The molecule has 1 aliphatic heterocycles. The molecule has 0 spiro atoms. The molecule has 0 radical (unpaired) electrons. The van der Waals surface area contributed by atoms with Gasteiger partial charge >= 0.3 is 5.97 Å². The number of benzene rings is 1. The summed E-state index contributed by atoms with van der Waals surface area (Å²) >= 11 is 0. The highest BCUT2D eigenvalue weighted by atomic mass is 16.7. The van der Waals surface area contributed by atoms with Crippen molar-refractivity contribution in [2.45, 2.75) is 52.7 Å². The maximum absolute atomic E-state index is 12.1. The number of rotatable bonds is 7. The van der Waals surface area contributed by atoms with Gasteiger partial charge in [0.2, 0.25) is 0 Å². The van der Waals surface area contributed by atoms with Crippen molar-refractivity contribution in [1.29, 1.82) is 0 Å². The fourth-order valence-corrected chi connectivity index (χ4v) is 2.75. The standard InChI is InChI=1S/C19H28O4/c1-4-21-19(20)17(14(2)3)13-15-8-10-16(11-9-15)23-18-7-5-6-12-22-18/h8-11,14,17-18H,4-7,12-13H2,1-3H3. The highest BCUT2D eigenvalue weighted by Crippen LogP contribution is 2.23. The molecule has 1 heterocycles. The lowest BCUT2D eigenvalue weighted by atomic mass is 9.89. The molecule has 4 heteroatoms. The van der Waals surface area contributed by atoms with Crippen molar-refractivity contribution in [2.75, 3.05) is 13.2 Å². The quantitative estimate of drug-likeness (QED) is 0.713. The third kappa shape index (κ3) is 5.54. The van der Waals surface area contributed by atoms with Crippen molar-refractivity contribution < 1.29 is 19.0 Å². The van der Waals surface area contributed by atoms with E-state index in [4.69, 9.17) is 14.2 Å². The molecule has 0 N–H and O–H groups in total. The number of ether oxygens (including phenoxy) is 3. The van der Waals surface area contributed by atoms with Crippen LogP contribution in [0.25, 0.3) is 0 Å². The van der Waals surface area contributed by atoms with Crippen LogP contribution in [0.15, 0.2) is 24.3 Å². The minimum Gasteiger partial charge on any atom is -0.466 e. The predicted molar refractivity (Wildman–Crippen MR) is 89.3 cm³/mol. The molecule has 0 saturated carbocycles. The molecule has 23 heavy (non-hydrogen) atoms. The Morgan fingerprint density at radius 1 is 1.26 bits per heavy atom. The van der Waals surface area contributed by atoms with Crippen LogP contribution in [0.5, 0.6) is 5.75 Å². The molecule has 0 bridgehead atoms. The SMILES string of the molecule is CCOC(=O)C(Cc1ccc(OC2CCCCO2)cc1)C(C)C. The van der Waals surface area contributed by atoms with E-state index in [2.05, 4.69) is 13.8 Å². The number of hydrogen-bond donors (Lipinski definition) is 0. The van der Waals surface area contributed by atoms with E-state index in [0.29, 0.717) is 13.0 Å². The van der Waals surface area contributed by atoms with Crippen LogP contribution in [0.1, 0.15) is 45.6 Å². The molecule has 0 amide bonds. The van der Waals surface area contributed by atoms with Crippen LogP contribution in [0, 0.1) is 11.8 Å². The van der Waals surface area contributed by atoms with Gasteiger partial charge in [0.05, 0.1) is 19.1 Å². The van der Waals surface area contributed by atoms with E-state index in [-0.39, 0.29) is 24.1 Å². The molecule has 1 aromatic carbocycles. The number of carbonyl (C=O) groups excluding carboxylic acids is 1. The molecule has 2 atom stereocenters. The molecule has 1 aliphatic rings. The van der Waals surface area contributed by atoms with Gasteiger partial charge in [-0.2, -0.15) is 0 Å². The van der Waals surface area contributed by atoms with E-state index in [1.807, 2.05) is 31.2 Å². The maximum Gasteiger partial charge on any atom is 0.309 e. The van der Waals surface area contributed by atoms with Gasteiger partial charge < -0.3 is 14.2 Å². The van der Waals surface area contributed by atoms with Gasteiger partial charge in [-0.05, 0) is 49.8 Å².